The Bertz CT molecular complexity index is 851. The molecule has 1 aromatic carbocycles. The molecule has 30 heavy (non-hydrogen) atoms. The summed E-state index contributed by atoms with van der Waals surface area (Å²) < 4.78 is 4.17. The van der Waals surface area contributed by atoms with Gasteiger partial charge in [0.1, 0.15) is 12.2 Å². The molecule has 0 aliphatic heterocycles. The van der Waals surface area contributed by atoms with Crippen LogP contribution in [0.4, 0.5) is 0 Å². The SMILES string of the molecule is CCC[P+]([O-])=N[C@@H](CC(C)C)C(=O)N[C@@H](Cc1ccc(-c2ccsc2)cc1)C(=O)O. The molecule has 6 nitrogen and oxygen atoms in total. The normalized spacial score (nSPS) is 13.8. The summed E-state index contributed by atoms with van der Waals surface area (Å²) in [6, 6.07) is 7.81. The van der Waals surface area contributed by atoms with Crippen molar-refractivity contribution in [3.05, 3.63) is 46.7 Å². The molecule has 3 atom stereocenters. The number of hydrogen-bond donors (Lipinski definition) is 2. The standard InChI is InChI=1S/C22H29N2O4PS/c1-4-10-29(28)24-19(12-15(2)3)21(25)23-20(22(26)27)13-16-5-7-17(8-6-16)18-9-11-30-14-18/h5-9,11,14-15,19-20H,4,10,12-13H2,1-3H3,(H,23,25)(H,26,27)/t19-,20-/m0/s1. The van der Waals surface area contributed by atoms with Gasteiger partial charge in [-0.25, -0.2) is 4.79 Å². The quantitative estimate of drug-likeness (QED) is 0.501. The smallest absolute Gasteiger partial charge is 0.326 e. The summed E-state index contributed by atoms with van der Waals surface area (Å²) in [6.45, 7) is 5.81. The van der Waals surface area contributed by atoms with E-state index in [1.54, 1.807) is 11.3 Å². The van der Waals surface area contributed by atoms with Crippen LogP contribution < -0.4 is 10.2 Å². The van der Waals surface area contributed by atoms with Crippen molar-refractivity contribution >= 4 is 31.2 Å². The lowest BCUT2D eigenvalue weighted by Gasteiger charge is -2.18. The van der Waals surface area contributed by atoms with E-state index in [9.17, 15) is 19.6 Å². The molecule has 1 unspecified atom stereocenters. The zero-order valence-electron chi connectivity index (χ0n) is 17.6. The fraction of sp³-hybridized carbons (Fsp3) is 0.455. The van der Waals surface area contributed by atoms with E-state index in [-0.39, 0.29) is 12.3 Å². The third kappa shape index (κ3) is 7.63. The maximum Gasteiger partial charge on any atom is 0.326 e. The van der Waals surface area contributed by atoms with Crippen molar-refractivity contribution in [1.29, 1.82) is 0 Å². The maximum absolute atomic E-state index is 12.7. The van der Waals surface area contributed by atoms with Gasteiger partial charge in [0.15, 0.2) is 14.0 Å². The van der Waals surface area contributed by atoms with E-state index in [1.165, 1.54) is 0 Å². The number of carboxylic acid groups (broad SMARTS) is 1. The van der Waals surface area contributed by atoms with Gasteiger partial charge in [0.25, 0.3) is 0 Å². The summed E-state index contributed by atoms with van der Waals surface area (Å²) in [5, 5.41) is 16.3. The van der Waals surface area contributed by atoms with Gasteiger partial charge in [0, 0.05) is 6.42 Å². The minimum atomic E-state index is -1.83. The van der Waals surface area contributed by atoms with Crippen LogP contribution in [0.5, 0.6) is 0 Å². The molecule has 0 aliphatic carbocycles. The van der Waals surface area contributed by atoms with Gasteiger partial charge >= 0.3 is 5.97 Å². The van der Waals surface area contributed by atoms with Gasteiger partial charge in [0.05, 0.1) is 0 Å². The second-order valence-corrected chi connectivity index (χ2v) is 9.81. The summed E-state index contributed by atoms with van der Waals surface area (Å²) in [4.78, 5) is 36.6. The Morgan fingerprint density at radius 2 is 1.90 bits per heavy atom. The first kappa shape index (κ1) is 24.2. The van der Waals surface area contributed by atoms with Gasteiger partial charge in [-0.1, -0.05) is 45.0 Å². The minimum Gasteiger partial charge on any atom is -0.612 e. The zero-order chi connectivity index (χ0) is 22.1. The van der Waals surface area contributed by atoms with E-state index < -0.39 is 31.9 Å². The average Bonchev–Trinajstić information content (AvgIpc) is 3.22. The molecule has 162 valence electrons. The Morgan fingerprint density at radius 1 is 1.20 bits per heavy atom. The van der Waals surface area contributed by atoms with Crippen LogP contribution in [-0.2, 0) is 16.0 Å². The first-order valence-corrected chi connectivity index (χ1v) is 12.4. The summed E-state index contributed by atoms with van der Waals surface area (Å²) in [7, 11) is -1.83. The summed E-state index contributed by atoms with van der Waals surface area (Å²) >= 11 is 1.62. The van der Waals surface area contributed by atoms with Gasteiger partial charge in [-0.05, 0) is 52.3 Å². The fourth-order valence-corrected chi connectivity index (χ4v) is 4.70. The second-order valence-electron chi connectivity index (χ2n) is 7.65. The lowest BCUT2D eigenvalue weighted by Crippen LogP contribution is -2.46. The Morgan fingerprint density at radius 3 is 2.43 bits per heavy atom. The molecular formula is C22H29N2O4PS. The Balaban J connectivity index is 2.10. The molecular weight excluding hydrogens is 419 g/mol. The number of nitrogens with zero attached hydrogens (tertiary/aromatic N) is 1. The second kappa shape index (κ2) is 11.9. The molecule has 0 bridgehead atoms. The molecule has 0 radical (unpaired) electrons. The van der Waals surface area contributed by atoms with Crippen molar-refractivity contribution in [2.45, 2.75) is 52.1 Å². The molecule has 0 aliphatic rings. The summed E-state index contributed by atoms with van der Waals surface area (Å²) in [5.74, 6) is -1.42. The van der Waals surface area contributed by atoms with E-state index in [0.717, 1.165) is 16.7 Å². The van der Waals surface area contributed by atoms with Crippen LogP contribution in [0, 0.1) is 5.92 Å². The molecule has 0 spiro atoms. The number of nitrogens with one attached hydrogen (secondary N) is 1. The van der Waals surface area contributed by atoms with Gasteiger partial charge in [-0.2, -0.15) is 11.3 Å². The van der Waals surface area contributed by atoms with Crippen molar-refractivity contribution < 1.29 is 19.6 Å². The topological polar surface area (TPSA) is 102 Å². The van der Waals surface area contributed by atoms with Gasteiger partial charge in [0.2, 0.25) is 5.91 Å². The highest BCUT2D eigenvalue weighted by Crippen LogP contribution is 2.23. The number of carboxylic acids is 1. The van der Waals surface area contributed by atoms with Crippen LogP contribution in [0.2, 0.25) is 0 Å². The number of amides is 1. The number of rotatable bonds is 11. The molecule has 2 rings (SSSR count). The van der Waals surface area contributed by atoms with Crippen molar-refractivity contribution in [2.24, 2.45) is 10.7 Å². The van der Waals surface area contributed by atoms with Crippen LogP contribution in [0.15, 0.2) is 45.8 Å². The first-order valence-electron chi connectivity index (χ1n) is 10.1. The highest BCUT2D eigenvalue weighted by Gasteiger charge is 2.27. The molecule has 0 saturated heterocycles. The molecule has 1 aromatic heterocycles. The molecule has 0 saturated carbocycles. The highest BCUT2D eigenvalue weighted by atomic mass is 32.1. The van der Waals surface area contributed by atoms with Gasteiger partial charge < -0.3 is 15.3 Å². The number of benzene rings is 1. The van der Waals surface area contributed by atoms with Crippen LogP contribution in [0.3, 0.4) is 0 Å². The van der Waals surface area contributed by atoms with Crippen LogP contribution >= 0.6 is 19.3 Å². The van der Waals surface area contributed by atoms with Crippen LogP contribution in [-0.4, -0.2) is 35.2 Å². The Kier molecular flexibility index (Phi) is 9.63. The molecule has 2 aromatic rings. The third-order valence-electron chi connectivity index (χ3n) is 4.54. The van der Waals surface area contributed by atoms with E-state index in [4.69, 9.17) is 0 Å². The number of carbonyl (C=O) groups is 2. The van der Waals surface area contributed by atoms with Gasteiger partial charge in [-0.15, -0.1) is 4.74 Å². The monoisotopic (exact) mass is 448 g/mol. The molecule has 8 heteroatoms. The highest BCUT2D eigenvalue weighted by molar-refractivity contribution is 7.39. The fourth-order valence-electron chi connectivity index (χ4n) is 3.02. The van der Waals surface area contributed by atoms with Crippen molar-refractivity contribution in [1.82, 2.24) is 5.32 Å². The lowest BCUT2D eigenvalue weighted by atomic mass is 10.0. The van der Waals surface area contributed by atoms with E-state index >= 15 is 0 Å². The number of hydrogen-bond acceptors (Lipinski definition) is 5. The van der Waals surface area contributed by atoms with Gasteiger partial charge in [-0.3, -0.25) is 4.79 Å². The third-order valence-corrected chi connectivity index (χ3v) is 6.59. The predicted molar refractivity (Wildman–Crippen MR) is 121 cm³/mol. The van der Waals surface area contributed by atoms with Crippen LogP contribution in [0.25, 0.3) is 11.1 Å². The molecule has 0 fully saturated rings. The largest absolute Gasteiger partial charge is 0.612 e. The van der Waals surface area contributed by atoms with Crippen molar-refractivity contribution in [3.63, 3.8) is 0 Å². The maximum atomic E-state index is 12.7. The first-order chi connectivity index (χ1) is 14.3. The summed E-state index contributed by atoms with van der Waals surface area (Å²) in [5.41, 5.74) is 3.00. The molecule has 1 amide bonds. The minimum absolute atomic E-state index is 0.167. The van der Waals surface area contributed by atoms with Crippen molar-refractivity contribution in [3.8, 4) is 11.1 Å². The Hall–Kier alpha value is -2.08. The van der Waals surface area contributed by atoms with Crippen LogP contribution in [0.1, 0.15) is 39.2 Å². The predicted octanol–water partition coefficient (Wildman–Crippen LogP) is 4.29. The lowest BCUT2D eigenvalue weighted by molar-refractivity contribution is -0.156. The number of thiophene rings is 1. The van der Waals surface area contributed by atoms with E-state index in [2.05, 4.69) is 15.4 Å². The average molecular weight is 449 g/mol. The van der Waals surface area contributed by atoms with Crippen molar-refractivity contribution in [2.75, 3.05) is 6.16 Å². The van der Waals surface area contributed by atoms with E-state index in [1.807, 2.05) is 56.5 Å². The van der Waals surface area contributed by atoms with E-state index in [0.29, 0.717) is 19.0 Å². The zero-order valence-corrected chi connectivity index (χ0v) is 19.3. The molecule has 2 N–H and O–H groups in total. The number of carbonyl (C=O) groups excluding carboxylic acids is 1. The summed E-state index contributed by atoms with van der Waals surface area (Å²) in [6.07, 6.45) is 1.74. The molecule has 1 heterocycles. The Labute approximate surface area is 182 Å². The number of aliphatic carboxylic acids is 1.